The third-order valence-electron chi connectivity index (χ3n) is 7.53. The zero-order valence-electron chi connectivity index (χ0n) is 17.0. The van der Waals surface area contributed by atoms with Gasteiger partial charge in [0.05, 0.1) is 38.1 Å². The molecule has 0 unspecified atom stereocenters. The van der Waals surface area contributed by atoms with Crippen molar-refractivity contribution in [2.45, 2.75) is 43.7 Å². The highest BCUT2D eigenvalue weighted by atomic mass is 16.5. The van der Waals surface area contributed by atoms with Crippen molar-refractivity contribution >= 4 is 5.82 Å². The molecule has 2 aliphatic carbocycles. The van der Waals surface area contributed by atoms with E-state index in [1.807, 2.05) is 12.3 Å². The van der Waals surface area contributed by atoms with Crippen molar-refractivity contribution in [2.75, 3.05) is 39.1 Å². The maximum Gasteiger partial charge on any atom is 0.166 e. The predicted octanol–water partition coefficient (Wildman–Crippen LogP) is 2.70. The van der Waals surface area contributed by atoms with E-state index < -0.39 is 0 Å². The third-order valence-corrected chi connectivity index (χ3v) is 7.53. The van der Waals surface area contributed by atoms with Crippen LogP contribution in [0, 0.1) is 11.8 Å². The first-order chi connectivity index (χ1) is 14.2. The van der Waals surface area contributed by atoms with E-state index in [0.717, 1.165) is 36.3 Å². The number of pyridine rings is 1. The Bertz CT molecular complexity index is 906. The number of ether oxygens (including phenoxy) is 2. The summed E-state index contributed by atoms with van der Waals surface area (Å²) < 4.78 is 13.1. The highest BCUT2D eigenvalue weighted by Crippen LogP contribution is 2.59. The molecule has 0 amide bonds. The first kappa shape index (κ1) is 17.7. The first-order valence-corrected chi connectivity index (χ1v) is 10.9. The monoisotopic (exact) mass is 395 g/mol. The van der Waals surface area contributed by atoms with Crippen LogP contribution in [0.1, 0.15) is 43.3 Å². The van der Waals surface area contributed by atoms with Crippen molar-refractivity contribution in [3.05, 3.63) is 24.0 Å². The summed E-state index contributed by atoms with van der Waals surface area (Å²) in [4.78, 5) is 6.95. The van der Waals surface area contributed by atoms with Gasteiger partial charge in [-0.3, -0.25) is 9.58 Å². The quantitative estimate of drug-likeness (QED) is 0.839. The predicted molar refractivity (Wildman–Crippen MR) is 110 cm³/mol. The molecule has 2 saturated carbocycles. The molecule has 4 aliphatic rings. The molecule has 0 spiro atoms. The summed E-state index contributed by atoms with van der Waals surface area (Å²) in [6.45, 7) is 4.26. The van der Waals surface area contributed by atoms with Gasteiger partial charge in [0.1, 0.15) is 0 Å². The van der Waals surface area contributed by atoms with Crippen molar-refractivity contribution in [2.24, 2.45) is 11.8 Å². The molecule has 4 fully saturated rings. The fourth-order valence-electron chi connectivity index (χ4n) is 5.73. The Labute approximate surface area is 171 Å². The number of nitrogens with two attached hydrogens (primary N) is 1. The Morgan fingerprint density at radius 3 is 2.52 bits per heavy atom. The van der Waals surface area contributed by atoms with E-state index in [-0.39, 0.29) is 0 Å². The highest BCUT2D eigenvalue weighted by Gasteiger charge is 2.59. The topological polar surface area (TPSA) is 78.4 Å². The molecule has 2 aromatic heterocycles. The summed E-state index contributed by atoms with van der Waals surface area (Å²) in [5.41, 5.74) is 9.32. The second kappa shape index (κ2) is 6.71. The second-order valence-corrected chi connectivity index (χ2v) is 9.15. The van der Waals surface area contributed by atoms with Crippen LogP contribution in [0.2, 0.25) is 0 Å². The number of methoxy groups -OCH3 is 1. The molecule has 29 heavy (non-hydrogen) atoms. The molecule has 0 bridgehead atoms. The molecule has 2 N–H and O–H groups in total. The van der Waals surface area contributed by atoms with Crippen molar-refractivity contribution < 1.29 is 9.47 Å². The normalized spacial score (nSPS) is 29.8. The standard InChI is InChI=1S/C22H29N5O2/c1-28-20-6-13(8-24-22(20)23)18-7-19(27(25-18)14-4-2-3-5-14)21-16-9-26(10-17(16)21)15-11-29-12-15/h6-8,14-17,21H,2-5,9-12H2,1H3,(H2,23,24)/t16-,17+,21+. The van der Waals surface area contributed by atoms with Crippen LogP contribution in [0.15, 0.2) is 18.3 Å². The molecule has 0 radical (unpaired) electrons. The average Bonchev–Trinajstić information content (AvgIpc) is 3.19. The minimum atomic E-state index is 0.420. The Morgan fingerprint density at radius 1 is 1.10 bits per heavy atom. The zero-order valence-corrected chi connectivity index (χ0v) is 17.0. The van der Waals surface area contributed by atoms with Crippen LogP contribution in [0.4, 0.5) is 5.82 Å². The number of fused-ring (bicyclic) bond motifs is 1. The number of hydrogen-bond acceptors (Lipinski definition) is 6. The van der Waals surface area contributed by atoms with Gasteiger partial charge >= 0.3 is 0 Å². The van der Waals surface area contributed by atoms with Gasteiger partial charge < -0.3 is 15.2 Å². The lowest BCUT2D eigenvalue weighted by Gasteiger charge is -2.35. The largest absolute Gasteiger partial charge is 0.493 e. The van der Waals surface area contributed by atoms with Gasteiger partial charge in [0.2, 0.25) is 0 Å². The summed E-state index contributed by atoms with van der Waals surface area (Å²) in [6, 6.07) is 5.47. The van der Waals surface area contributed by atoms with Gasteiger partial charge in [-0.1, -0.05) is 12.8 Å². The van der Waals surface area contributed by atoms with Gasteiger partial charge in [0.15, 0.2) is 11.6 Å². The molecule has 0 aromatic carbocycles. The molecular formula is C22H29N5O2. The minimum absolute atomic E-state index is 0.420. The SMILES string of the molecule is COc1cc(-c2cc([C@H]3[C@@H]4CN(C5COC5)C[C@@H]43)n(C3CCCC3)n2)cnc1N. The lowest BCUT2D eigenvalue weighted by molar-refractivity contribution is -0.0610. The van der Waals surface area contributed by atoms with Crippen molar-refractivity contribution in [3.63, 3.8) is 0 Å². The molecular weight excluding hydrogens is 366 g/mol. The van der Waals surface area contributed by atoms with Gasteiger partial charge in [0.25, 0.3) is 0 Å². The average molecular weight is 396 g/mol. The maximum atomic E-state index is 5.91. The van der Waals surface area contributed by atoms with E-state index in [2.05, 4.69) is 20.6 Å². The Balaban J connectivity index is 1.30. The van der Waals surface area contributed by atoms with Gasteiger partial charge in [-0.2, -0.15) is 5.10 Å². The minimum Gasteiger partial charge on any atom is -0.493 e. The summed E-state index contributed by atoms with van der Waals surface area (Å²) in [7, 11) is 1.63. The van der Waals surface area contributed by atoms with Gasteiger partial charge in [-0.25, -0.2) is 4.98 Å². The van der Waals surface area contributed by atoms with Crippen LogP contribution in [-0.4, -0.2) is 59.1 Å². The van der Waals surface area contributed by atoms with E-state index in [0.29, 0.717) is 29.6 Å². The van der Waals surface area contributed by atoms with Gasteiger partial charge in [-0.05, 0) is 36.8 Å². The van der Waals surface area contributed by atoms with Crippen LogP contribution in [0.3, 0.4) is 0 Å². The maximum absolute atomic E-state index is 5.91. The molecule has 3 atom stereocenters. The number of aromatic nitrogens is 3. The third kappa shape index (κ3) is 2.86. The lowest BCUT2D eigenvalue weighted by Crippen LogP contribution is -2.48. The van der Waals surface area contributed by atoms with Crippen LogP contribution in [0.5, 0.6) is 5.75 Å². The molecule has 2 aromatic rings. The second-order valence-electron chi connectivity index (χ2n) is 9.15. The molecule has 2 saturated heterocycles. The van der Waals surface area contributed by atoms with Crippen LogP contribution < -0.4 is 10.5 Å². The van der Waals surface area contributed by atoms with E-state index in [1.165, 1.54) is 44.5 Å². The molecule has 7 nitrogen and oxygen atoms in total. The van der Waals surface area contributed by atoms with E-state index in [1.54, 1.807) is 7.11 Å². The highest BCUT2D eigenvalue weighted by molar-refractivity contribution is 5.64. The molecule has 154 valence electrons. The zero-order chi connectivity index (χ0) is 19.5. The fourth-order valence-corrected chi connectivity index (χ4v) is 5.73. The molecule has 7 heteroatoms. The first-order valence-electron chi connectivity index (χ1n) is 10.9. The van der Waals surface area contributed by atoms with Gasteiger partial charge in [-0.15, -0.1) is 0 Å². The van der Waals surface area contributed by atoms with Crippen LogP contribution in [0.25, 0.3) is 11.3 Å². The number of rotatable bonds is 5. The molecule has 4 heterocycles. The van der Waals surface area contributed by atoms with Crippen molar-refractivity contribution in [3.8, 4) is 17.0 Å². The summed E-state index contributed by atoms with van der Waals surface area (Å²) in [5, 5.41) is 5.08. The van der Waals surface area contributed by atoms with Crippen LogP contribution >= 0.6 is 0 Å². The number of piperidine rings is 1. The van der Waals surface area contributed by atoms with E-state index in [9.17, 15) is 0 Å². The fraction of sp³-hybridized carbons (Fsp3) is 0.636. The Kier molecular flexibility index (Phi) is 4.10. The summed E-state index contributed by atoms with van der Waals surface area (Å²) in [6.07, 6.45) is 6.91. The number of hydrogen-bond donors (Lipinski definition) is 1. The summed E-state index contributed by atoms with van der Waals surface area (Å²) in [5.74, 6) is 3.24. The lowest BCUT2D eigenvalue weighted by atomic mass is 10.1. The Hall–Kier alpha value is -2.12. The summed E-state index contributed by atoms with van der Waals surface area (Å²) >= 11 is 0. The molecule has 6 rings (SSSR count). The number of nitrogen functional groups attached to an aromatic ring is 1. The smallest absolute Gasteiger partial charge is 0.166 e. The van der Waals surface area contributed by atoms with Crippen molar-refractivity contribution in [1.29, 1.82) is 0 Å². The molecule has 2 aliphatic heterocycles. The Morgan fingerprint density at radius 2 is 1.86 bits per heavy atom. The van der Waals surface area contributed by atoms with E-state index in [4.69, 9.17) is 20.3 Å². The van der Waals surface area contributed by atoms with Gasteiger partial charge in [0, 0.05) is 36.5 Å². The number of nitrogens with zero attached hydrogens (tertiary/aromatic N) is 4. The number of likely N-dealkylation sites (tertiary alicyclic amines) is 1. The number of anilines is 1. The van der Waals surface area contributed by atoms with Crippen molar-refractivity contribution in [1.82, 2.24) is 19.7 Å². The van der Waals surface area contributed by atoms with E-state index >= 15 is 0 Å². The van der Waals surface area contributed by atoms with Crippen LogP contribution in [-0.2, 0) is 4.74 Å².